The lowest BCUT2D eigenvalue weighted by molar-refractivity contribution is 0.0508. The summed E-state index contributed by atoms with van der Waals surface area (Å²) in [5.41, 5.74) is 1.28. The summed E-state index contributed by atoms with van der Waals surface area (Å²) >= 11 is 0. The van der Waals surface area contributed by atoms with Crippen LogP contribution in [0.25, 0.3) is 0 Å². The predicted molar refractivity (Wildman–Crippen MR) is 81.7 cm³/mol. The molecule has 0 aromatic carbocycles. The van der Waals surface area contributed by atoms with E-state index in [9.17, 15) is 4.79 Å². The number of anilines is 1. The summed E-state index contributed by atoms with van der Waals surface area (Å²) in [6.07, 6.45) is 9.44. The van der Waals surface area contributed by atoms with Crippen molar-refractivity contribution in [2.45, 2.75) is 19.3 Å². The number of nitrogens with zero attached hydrogens (tertiary/aromatic N) is 4. The SMILES string of the molecule is O=C(OCCc1cnccn1)c1ccc(N2CCCC2)nc1. The van der Waals surface area contributed by atoms with Gasteiger partial charge >= 0.3 is 5.97 Å². The van der Waals surface area contributed by atoms with Crippen molar-refractivity contribution in [1.82, 2.24) is 15.0 Å². The van der Waals surface area contributed by atoms with Crippen molar-refractivity contribution in [2.24, 2.45) is 0 Å². The van der Waals surface area contributed by atoms with Gasteiger partial charge in [0.15, 0.2) is 0 Å². The molecule has 0 aliphatic carbocycles. The molecule has 1 aliphatic rings. The van der Waals surface area contributed by atoms with Gasteiger partial charge in [0.05, 0.1) is 17.9 Å². The second-order valence-electron chi connectivity index (χ2n) is 5.18. The average Bonchev–Trinajstić information content (AvgIpc) is 3.10. The van der Waals surface area contributed by atoms with Crippen LogP contribution in [0.2, 0.25) is 0 Å². The van der Waals surface area contributed by atoms with E-state index < -0.39 is 0 Å². The molecule has 0 radical (unpaired) electrons. The van der Waals surface area contributed by atoms with Crippen molar-refractivity contribution < 1.29 is 9.53 Å². The van der Waals surface area contributed by atoms with Crippen molar-refractivity contribution in [1.29, 1.82) is 0 Å². The maximum Gasteiger partial charge on any atom is 0.339 e. The van der Waals surface area contributed by atoms with E-state index in [-0.39, 0.29) is 12.6 Å². The molecule has 0 saturated carbocycles. The standard InChI is InChI=1S/C16H18N4O2/c21-16(22-10-5-14-12-17-6-7-18-14)13-3-4-15(19-11-13)20-8-1-2-9-20/h3-4,6-7,11-12H,1-2,5,8-10H2. The van der Waals surface area contributed by atoms with E-state index in [4.69, 9.17) is 4.74 Å². The second-order valence-corrected chi connectivity index (χ2v) is 5.18. The fourth-order valence-corrected chi connectivity index (χ4v) is 2.43. The normalized spacial score (nSPS) is 14.1. The Bertz CT molecular complexity index is 610. The van der Waals surface area contributed by atoms with Gasteiger partial charge < -0.3 is 9.64 Å². The highest BCUT2D eigenvalue weighted by atomic mass is 16.5. The van der Waals surface area contributed by atoms with E-state index >= 15 is 0 Å². The Morgan fingerprint density at radius 3 is 2.68 bits per heavy atom. The van der Waals surface area contributed by atoms with Crippen LogP contribution in [0.3, 0.4) is 0 Å². The zero-order chi connectivity index (χ0) is 15.2. The molecule has 6 nitrogen and oxygen atoms in total. The highest BCUT2D eigenvalue weighted by Crippen LogP contribution is 2.17. The Morgan fingerprint density at radius 1 is 1.14 bits per heavy atom. The number of carbonyl (C=O) groups excluding carboxylic acids is 1. The maximum absolute atomic E-state index is 12.0. The minimum absolute atomic E-state index is 0.283. The van der Waals surface area contributed by atoms with Gasteiger partial charge in [-0.05, 0) is 25.0 Å². The Kier molecular flexibility index (Phi) is 4.58. The van der Waals surface area contributed by atoms with Crippen LogP contribution in [0.1, 0.15) is 28.9 Å². The summed E-state index contributed by atoms with van der Waals surface area (Å²) in [6.45, 7) is 2.36. The molecule has 0 atom stereocenters. The monoisotopic (exact) mass is 298 g/mol. The van der Waals surface area contributed by atoms with E-state index in [1.165, 1.54) is 12.8 Å². The van der Waals surface area contributed by atoms with Gasteiger partial charge in [-0.3, -0.25) is 9.97 Å². The third kappa shape index (κ3) is 3.58. The smallest absolute Gasteiger partial charge is 0.339 e. The van der Waals surface area contributed by atoms with Crippen LogP contribution in [-0.2, 0) is 11.2 Å². The Hall–Kier alpha value is -2.50. The van der Waals surface area contributed by atoms with Crippen LogP contribution in [0, 0.1) is 0 Å². The van der Waals surface area contributed by atoms with E-state index in [1.54, 1.807) is 30.9 Å². The molecular weight excluding hydrogens is 280 g/mol. The van der Waals surface area contributed by atoms with Crippen molar-refractivity contribution in [2.75, 3.05) is 24.6 Å². The summed E-state index contributed by atoms with van der Waals surface area (Å²) < 4.78 is 5.24. The number of ether oxygens (including phenoxy) is 1. The number of rotatable bonds is 5. The van der Waals surface area contributed by atoms with Crippen LogP contribution >= 0.6 is 0 Å². The highest BCUT2D eigenvalue weighted by molar-refractivity contribution is 5.89. The third-order valence-electron chi connectivity index (χ3n) is 3.62. The Labute approximate surface area is 129 Å². The van der Waals surface area contributed by atoms with Crippen molar-refractivity contribution in [3.8, 4) is 0 Å². The molecule has 1 saturated heterocycles. The van der Waals surface area contributed by atoms with E-state index in [1.807, 2.05) is 6.07 Å². The summed E-state index contributed by atoms with van der Waals surface area (Å²) in [6, 6.07) is 3.65. The van der Waals surface area contributed by atoms with Gasteiger partial charge in [-0.15, -0.1) is 0 Å². The van der Waals surface area contributed by atoms with E-state index in [0.717, 1.165) is 24.6 Å². The van der Waals surface area contributed by atoms with Crippen LogP contribution in [0.15, 0.2) is 36.9 Å². The Balaban J connectivity index is 1.51. The van der Waals surface area contributed by atoms with Crippen molar-refractivity contribution in [3.05, 3.63) is 48.2 Å². The molecule has 0 amide bonds. The molecule has 3 rings (SSSR count). The zero-order valence-corrected chi connectivity index (χ0v) is 12.3. The van der Waals surface area contributed by atoms with Gasteiger partial charge in [0.2, 0.25) is 0 Å². The van der Waals surface area contributed by atoms with Crippen LogP contribution < -0.4 is 4.90 Å². The first-order valence-corrected chi connectivity index (χ1v) is 7.46. The van der Waals surface area contributed by atoms with Gasteiger partial charge in [-0.25, -0.2) is 9.78 Å². The Morgan fingerprint density at radius 2 is 2.00 bits per heavy atom. The highest BCUT2D eigenvalue weighted by Gasteiger charge is 2.14. The average molecular weight is 298 g/mol. The number of carbonyl (C=O) groups is 1. The minimum Gasteiger partial charge on any atom is -0.462 e. The lowest BCUT2D eigenvalue weighted by Gasteiger charge is -2.15. The summed E-state index contributed by atoms with van der Waals surface area (Å²) in [7, 11) is 0. The van der Waals surface area contributed by atoms with Crippen LogP contribution in [0.5, 0.6) is 0 Å². The fraction of sp³-hybridized carbons (Fsp3) is 0.375. The number of hydrogen-bond acceptors (Lipinski definition) is 6. The lowest BCUT2D eigenvalue weighted by atomic mass is 10.3. The molecule has 6 heteroatoms. The first kappa shape index (κ1) is 14.4. The molecule has 0 N–H and O–H groups in total. The number of pyridine rings is 1. The molecule has 114 valence electrons. The van der Waals surface area contributed by atoms with Gasteiger partial charge in [0.1, 0.15) is 5.82 Å². The number of aromatic nitrogens is 3. The maximum atomic E-state index is 12.0. The topological polar surface area (TPSA) is 68.2 Å². The third-order valence-corrected chi connectivity index (χ3v) is 3.62. The van der Waals surface area contributed by atoms with Gasteiger partial charge in [-0.1, -0.05) is 0 Å². The first-order valence-electron chi connectivity index (χ1n) is 7.46. The summed E-state index contributed by atoms with van der Waals surface area (Å²) in [4.78, 5) is 26.6. The lowest BCUT2D eigenvalue weighted by Crippen LogP contribution is -2.19. The van der Waals surface area contributed by atoms with Gasteiger partial charge in [0, 0.05) is 44.3 Å². The van der Waals surface area contributed by atoms with Crippen molar-refractivity contribution in [3.63, 3.8) is 0 Å². The molecule has 0 bridgehead atoms. The molecule has 22 heavy (non-hydrogen) atoms. The molecule has 2 aromatic heterocycles. The number of hydrogen-bond donors (Lipinski definition) is 0. The van der Waals surface area contributed by atoms with Crippen LogP contribution in [0.4, 0.5) is 5.82 Å². The molecule has 3 heterocycles. The van der Waals surface area contributed by atoms with Gasteiger partial charge in [-0.2, -0.15) is 0 Å². The van der Waals surface area contributed by atoms with Gasteiger partial charge in [0.25, 0.3) is 0 Å². The predicted octanol–water partition coefficient (Wildman–Crippen LogP) is 1.87. The molecular formula is C16H18N4O2. The molecule has 1 fully saturated rings. The molecule has 1 aliphatic heterocycles. The minimum atomic E-state index is -0.357. The quantitative estimate of drug-likeness (QED) is 0.785. The zero-order valence-electron chi connectivity index (χ0n) is 12.3. The first-order chi connectivity index (χ1) is 10.8. The van der Waals surface area contributed by atoms with Crippen molar-refractivity contribution >= 4 is 11.8 Å². The summed E-state index contributed by atoms with van der Waals surface area (Å²) in [5.74, 6) is 0.568. The molecule has 0 spiro atoms. The molecule has 2 aromatic rings. The number of esters is 1. The van der Waals surface area contributed by atoms with E-state index in [0.29, 0.717) is 12.0 Å². The largest absolute Gasteiger partial charge is 0.462 e. The summed E-state index contributed by atoms with van der Waals surface area (Å²) in [5, 5.41) is 0. The van der Waals surface area contributed by atoms with Crippen LogP contribution in [-0.4, -0.2) is 40.6 Å². The second kappa shape index (κ2) is 6.98. The van der Waals surface area contributed by atoms with E-state index in [2.05, 4.69) is 19.9 Å². The molecule has 0 unspecified atom stereocenters. The fourth-order valence-electron chi connectivity index (χ4n) is 2.43.